The molecule has 2 rings (SSSR count). The van der Waals surface area contributed by atoms with Gasteiger partial charge in [0.15, 0.2) is 0 Å². The fraction of sp³-hybridized carbons (Fsp3) is 0.929. The molecule has 2 aliphatic rings. The Hall–Kier alpha value is -1.11. The van der Waals surface area contributed by atoms with Crippen LogP contribution in [0.3, 0.4) is 0 Å². The summed E-state index contributed by atoms with van der Waals surface area (Å²) < 4.78 is 5.62. The van der Waals surface area contributed by atoms with Crippen LogP contribution in [0.2, 0.25) is 0 Å². The lowest BCUT2D eigenvalue weighted by molar-refractivity contribution is -0.211. The molecule has 0 bridgehead atoms. The minimum absolute atomic E-state index is 0.311. The Labute approximate surface area is 154 Å². The summed E-state index contributed by atoms with van der Waals surface area (Å²) in [6, 6.07) is -1.95. The molecule has 11 nitrogen and oxygen atoms in total. The van der Waals surface area contributed by atoms with Gasteiger partial charge in [-0.1, -0.05) is 5.11 Å². The Morgan fingerprint density at radius 1 is 1.38 bits per heavy atom. The number of thioether (sulfide) groups is 1. The van der Waals surface area contributed by atoms with E-state index in [-0.39, 0.29) is 6.04 Å². The van der Waals surface area contributed by atoms with Gasteiger partial charge in [0.1, 0.15) is 29.9 Å². The molecule has 0 spiro atoms. The third-order valence-corrected chi connectivity index (χ3v) is 5.52. The molecule has 26 heavy (non-hydrogen) atoms. The molecular weight excluding hydrogens is 366 g/mol. The van der Waals surface area contributed by atoms with Gasteiger partial charge in [0.2, 0.25) is 5.91 Å². The van der Waals surface area contributed by atoms with Crippen molar-refractivity contribution in [3.05, 3.63) is 10.4 Å². The number of rotatable bonds is 6. The molecule has 9 atom stereocenters. The van der Waals surface area contributed by atoms with E-state index in [4.69, 9.17) is 10.3 Å². The van der Waals surface area contributed by atoms with E-state index < -0.39 is 53.9 Å². The largest absolute Gasteiger partial charge is 0.391 e. The average Bonchev–Trinajstić information content (AvgIpc) is 3.07. The van der Waals surface area contributed by atoms with Gasteiger partial charge in [0.05, 0.1) is 24.2 Å². The van der Waals surface area contributed by atoms with Crippen LogP contribution in [0.4, 0.5) is 0 Å². The van der Waals surface area contributed by atoms with Crippen LogP contribution >= 0.6 is 11.8 Å². The smallest absolute Gasteiger partial charge is 0.237 e. The minimum Gasteiger partial charge on any atom is -0.391 e. The van der Waals surface area contributed by atoms with E-state index in [1.807, 2.05) is 0 Å². The van der Waals surface area contributed by atoms with Crippen LogP contribution in [0.15, 0.2) is 5.11 Å². The molecule has 6 N–H and O–H groups in total. The Balaban J connectivity index is 2.08. The molecule has 0 radical (unpaired) electrons. The maximum atomic E-state index is 12.5. The molecule has 148 valence electrons. The topological polar surface area (TPSA) is 180 Å². The highest BCUT2D eigenvalue weighted by Gasteiger charge is 2.48. The van der Waals surface area contributed by atoms with Crippen LogP contribution in [0.1, 0.15) is 13.3 Å². The van der Waals surface area contributed by atoms with Gasteiger partial charge >= 0.3 is 0 Å². The van der Waals surface area contributed by atoms with Gasteiger partial charge in [-0.05, 0) is 25.1 Å². The number of amides is 1. The Bertz CT molecular complexity index is 546. The zero-order valence-corrected chi connectivity index (χ0v) is 15.3. The van der Waals surface area contributed by atoms with Gasteiger partial charge in [-0.15, -0.1) is 11.8 Å². The van der Waals surface area contributed by atoms with Crippen molar-refractivity contribution in [2.45, 2.75) is 67.4 Å². The number of hydrogen-bond donors (Lipinski definition) is 6. The average molecular weight is 391 g/mol. The molecule has 0 aromatic carbocycles. The molecule has 0 aromatic heterocycles. The third kappa shape index (κ3) is 4.59. The third-order valence-electron chi connectivity index (χ3n) is 4.66. The van der Waals surface area contributed by atoms with Crippen LogP contribution in [0, 0.1) is 0 Å². The van der Waals surface area contributed by atoms with E-state index in [1.54, 1.807) is 6.26 Å². The summed E-state index contributed by atoms with van der Waals surface area (Å²) in [5, 5.41) is 49.4. The van der Waals surface area contributed by atoms with Gasteiger partial charge < -0.3 is 35.8 Å². The number of aliphatic hydroxyl groups is 4. The molecule has 1 amide bonds. The number of carbonyl (C=O) groups is 1. The molecule has 2 heterocycles. The first kappa shape index (κ1) is 21.2. The molecule has 2 aliphatic heterocycles. The summed E-state index contributed by atoms with van der Waals surface area (Å²) in [5.74, 6) is -0.441. The van der Waals surface area contributed by atoms with Crippen LogP contribution in [0.5, 0.6) is 0 Å². The van der Waals surface area contributed by atoms with Crippen LogP contribution in [-0.4, -0.2) is 93.2 Å². The lowest BCUT2D eigenvalue weighted by Crippen LogP contribution is -2.65. The molecule has 1 unspecified atom stereocenters. The van der Waals surface area contributed by atoms with E-state index in [2.05, 4.69) is 20.7 Å². The summed E-state index contributed by atoms with van der Waals surface area (Å²) in [6.07, 6.45) is -4.46. The standard InChI is InChI=1S/C14H25N5O6S/c1-5(20)8(12-10(22)9(21)11(23)14(25-12)26-2)17-13(24)7-3-6(4-16-7)18-19-15/h5-12,14,16,20-23H,3-4H2,1-2H3,(H,17,24)/t5-,6?,7+,8-,9+,10-,11-,12-,14-/m1/s1. The zero-order chi connectivity index (χ0) is 19.4. The number of aliphatic hydroxyl groups excluding tert-OH is 4. The molecule has 0 aliphatic carbocycles. The summed E-state index contributed by atoms with van der Waals surface area (Å²) in [4.78, 5) is 15.2. The molecule has 2 fully saturated rings. The van der Waals surface area contributed by atoms with Gasteiger partial charge in [-0.2, -0.15) is 0 Å². The number of nitrogens with zero attached hydrogens (tertiary/aromatic N) is 3. The van der Waals surface area contributed by atoms with Gasteiger partial charge in [-0.3, -0.25) is 4.79 Å². The monoisotopic (exact) mass is 391 g/mol. The lowest BCUT2D eigenvalue weighted by Gasteiger charge is -2.44. The highest BCUT2D eigenvalue weighted by atomic mass is 32.2. The molecular formula is C14H25N5O6S. The summed E-state index contributed by atoms with van der Waals surface area (Å²) in [6.45, 7) is 1.79. The normalized spacial score (nSPS) is 39.7. The number of azide groups is 1. The van der Waals surface area contributed by atoms with Crippen molar-refractivity contribution in [1.29, 1.82) is 0 Å². The number of nitrogens with one attached hydrogen (secondary N) is 2. The van der Waals surface area contributed by atoms with Crippen LogP contribution < -0.4 is 10.6 Å². The second-order valence-corrected chi connectivity index (χ2v) is 7.44. The Morgan fingerprint density at radius 2 is 2.08 bits per heavy atom. The van der Waals surface area contributed by atoms with E-state index >= 15 is 0 Å². The van der Waals surface area contributed by atoms with E-state index in [9.17, 15) is 25.2 Å². The number of carbonyl (C=O) groups excluding carboxylic acids is 1. The Morgan fingerprint density at radius 3 is 2.65 bits per heavy atom. The van der Waals surface area contributed by atoms with Crippen molar-refractivity contribution in [2.24, 2.45) is 5.11 Å². The zero-order valence-electron chi connectivity index (χ0n) is 14.5. The summed E-state index contributed by atoms with van der Waals surface area (Å²) in [5.41, 5.74) is 7.66. The molecule has 12 heteroatoms. The van der Waals surface area contributed by atoms with E-state index in [0.29, 0.717) is 13.0 Å². The van der Waals surface area contributed by atoms with Crippen molar-refractivity contribution in [3.63, 3.8) is 0 Å². The van der Waals surface area contributed by atoms with Gasteiger partial charge in [0, 0.05) is 11.5 Å². The maximum Gasteiger partial charge on any atom is 0.237 e. The highest BCUT2D eigenvalue weighted by Crippen LogP contribution is 2.29. The predicted octanol–water partition coefficient (Wildman–Crippen LogP) is -1.94. The lowest BCUT2D eigenvalue weighted by atomic mass is 9.92. The van der Waals surface area contributed by atoms with Crippen molar-refractivity contribution >= 4 is 17.7 Å². The van der Waals surface area contributed by atoms with Gasteiger partial charge in [0.25, 0.3) is 0 Å². The number of hydrogen-bond acceptors (Lipinski definition) is 9. The van der Waals surface area contributed by atoms with Crippen molar-refractivity contribution in [1.82, 2.24) is 10.6 Å². The first-order valence-corrected chi connectivity index (χ1v) is 9.57. The fourth-order valence-corrected chi connectivity index (χ4v) is 3.86. The number of ether oxygens (including phenoxy) is 1. The first-order valence-electron chi connectivity index (χ1n) is 8.28. The van der Waals surface area contributed by atoms with Gasteiger partial charge in [-0.25, -0.2) is 0 Å². The molecule has 2 saturated heterocycles. The van der Waals surface area contributed by atoms with E-state index in [0.717, 1.165) is 11.8 Å². The van der Waals surface area contributed by atoms with E-state index in [1.165, 1.54) is 6.92 Å². The molecule has 0 aromatic rings. The Kier molecular flexibility index (Phi) is 7.50. The van der Waals surface area contributed by atoms with Crippen LogP contribution in [0.25, 0.3) is 10.4 Å². The SMILES string of the molecule is CS[C@H]1O[C@H]([C@H](NC(=O)[C@@H]2CC(N=[N+]=[N-])CN2)[C@@H](C)O)[C@H](O)[C@H](O)[C@H]1O. The molecule has 0 saturated carbocycles. The van der Waals surface area contributed by atoms with Crippen molar-refractivity contribution in [2.75, 3.05) is 12.8 Å². The van der Waals surface area contributed by atoms with Crippen molar-refractivity contribution in [3.8, 4) is 0 Å². The fourth-order valence-electron chi connectivity index (χ4n) is 3.19. The highest BCUT2D eigenvalue weighted by molar-refractivity contribution is 7.99. The second-order valence-electron chi connectivity index (χ2n) is 6.51. The second kappa shape index (κ2) is 9.20. The van der Waals surface area contributed by atoms with Crippen LogP contribution in [-0.2, 0) is 9.53 Å². The quantitative estimate of drug-likeness (QED) is 0.172. The maximum absolute atomic E-state index is 12.5. The van der Waals surface area contributed by atoms with Crippen molar-refractivity contribution < 1.29 is 30.0 Å². The minimum atomic E-state index is -1.49. The first-order chi connectivity index (χ1) is 12.3. The summed E-state index contributed by atoms with van der Waals surface area (Å²) >= 11 is 1.15. The summed E-state index contributed by atoms with van der Waals surface area (Å²) in [7, 11) is 0. The predicted molar refractivity (Wildman–Crippen MR) is 93.1 cm³/mol.